The van der Waals surface area contributed by atoms with Gasteiger partial charge in [-0.05, 0) is 11.6 Å². The molecular weight excluding hydrogens is 156 g/mol. The van der Waals surface area contributed by atoms with Gasteiger partial charge >= 0.3 is 6.09 Å². The molecule has 1 aromatic heterocycles. The van der Waals surface area contributed by atoms with Crippen LogP contribution in [-0.2, 0) is 4.74 Å². The van der Waals surface area contributed by atoms with Gasteiger partial charge in [-0.3, -0.25) is 4.98 Å². The predicted molar refractivity (Wildman–Crippen MR) is 41.5 cm³/mol. The van der Waals surface area contributed by atoms with E-state index in [1.807, 2.05) is 12.1 Å². The molecule has 1 fully saturated rings. The first kappa shape index (κ1) is 7.09. The number of carbonyl (C=O) groups excluding carboxylic acids is 1. The summed E-state index contributed by atoms with van der Waals surface area (Å²) in [7, 11) is 0. The first-order valence-electron chi connectivity index (χ1n) is 3.69. The predicted octanol–water partition coefficient (Wildman–Crippen LogP) is 0.863. The summed E-state index contributed by atoms with van der Waals surface area (Å²) in [4.78, 5) is 14.6. The zero-order valence-electron chi connectivity index (χ0n) is 6.36. The van der Waals surface area contributed by atoms with E-state index in [1.165, 1.54) is 0 Å². The molecule has 0 radical (unpaired) electrons. The third-order valence-electron chi connectivity index (χ3n) is 1.76. The van der Waals surface area contributed by atoms with Crippen molar-refractivity contribution < 1.29 is 9.53 Å². The zero-order valence-corrected chi connectivity index (χ0v) is 6.36. The third-order valence-corrected chi connectivity index (χ3v) is 1.76. The van der Waals surface area contributed by atoms with Crippen LogP contribution < -0.4 is 5.32 Å². The van der Waals surface area contributed by atoms with E-state index in [9.17, 15) is 4.79 Å². The van der Waals surface area contributed by atoms with E-state index in [-0.39, 0.29) is 12.1 Å². The maximum absolute atomic E-state index is 10.7. The summed E-state index contributed by atoms with van der Waals surface area (Å²) in [6.07, 6.45) is 3.06. The van der Waals surface area contributed by atoms with Gasteiger partial charge in [0.2, 0.25) is 0 Å². The molecule has 0 aliphatic carbocycles. The van der Waals surface area contributed by atoms with E-state index in [0.29, 0.717) is 6.61 Å². The Morgan fingerprint density at radius 2 is 2.58 bits per heavy atom. The van der Waals surface area contributed by atoms with Crippen LogP contribution in [0.25, 0.3) is 0 Å². The molecule has 1 aliphatic rings. The molecule has 0 saturated carbocycles. The van der Waals surface area contributed by atoms with Crippen LogP contribution in [0.1, 0.15) is 11.6 Å². The Balaban J connectivity index is 2.16. The van der Waals surface area contributed by atoms with E-state index in [0.717, 1.165) is 5.56 Å². The Morgan fingerprint density at radius 3 is 3.17 bits per heavy atom. The lowest BCUT2D eigenvalue weighted by atomic mass is 10.1. The molecule has 0 bridgehead atoms. The summed E-state index contributed by atoms with van der Waals surface area (Å²) in [5, 5.41) is 2.67. The number of ether oxygens (including phenoxy) is 1. The van der Waals surface area contributed by atoms with Gasteiger partial charge in [-0.15, -0.1) is 0 Å². The van der Waals surface area contributed by atoms with Crippen LogP contribution in [-0.4, -0.2) is 17.7 Å². The number of carbonyl (C=O) groups is 1. The molecule has 12 heavy (non-hydrogen) atoms. The van der Waals surface area contributed by atoms with Crippen LogP contribution >= 0.6 is 0 Å². The van der Waals surface area contributed by atoms with Crippen molar-refractivity contribution in [1.82, 2.24) is 10.3 Å². The van der Waals surface area contributed by atoms with Gasteiger partial charge in [0.25, 0.3) is 0 Å². The normalized spacial score (nSPS) is 21.7. The van der Waals surface area contributed by atoms with Gasteiger partial charge in [0.15, 0.2) is 0 Å². The number of cyclic esters (lactones) is 1. The highest BCUT2D eigenvalue weighted by atomic mass is 16.6. The van der Waals surface area contributed by atoms with Gasteiger partial charge in [0.1, 0.15) is 6.61 Å². The summed E-state index contributed by atoms with van der Waals surface area (Å²) in [5.74, 6) is 0. The second-order valence-electron chi connectivity index (χ2n) is 2.58. The first-order chi connectivity index (χ1) is 5.86. The standard InChI is InChI=1S/C8H8N2O2/c11-8-10-7(5-12-8)6-2-1-3-9-4-6/h1-4,7H,5H2,(H,10,11). The number of hydrogen-bond acceptors (Lipinski definition) is 3. The number of aromatic nitrogens is 1. The van der Waals surface area contributed by atoms with Gasteiger partial charge in [-0.2, -0.15) is 0 Å². The molecule has 1 N–H and O–H groups in total. The van der Waals surface area contributed by atoms with Crippen LogP contribution in [0.15, 0.2) is 24.5 Å². The van der Waals surface area contributed by atoms with Crippen LogP contribution in [0.2, 0.25) is 0 Å². The largest absolute Gasteiger partial charge is 0.447 e. The number of hydrogen-bond donors (Lipinski definition) is 1. The van der Waals surface area contributed by atoms with Crippen molar-refractivity contribution in [2.75, 3.05) is 6.61 Å². The Morgan fingerprint density at radius 1 is 1.67 bits per heavy atom. The number of amides is 1. The second-order valence-corrected chi connectivity index (χ2v) is 2.58. The highest BCUT2D eigenvalue weighted by Crippen LogP contribution is 2.15. The molecule has 2 rings (SSSR count). The molecular formula is C8H8N2O2. The molecule has 62 valence electrons. The fourth-order valence-electron chi connectivity index (χ4n) is 1.15. The summed E-state index contributed by atoms with van der Waals surface area (Å²) in [6.45, 7) is 0.393. The molecule has 1 amide bonds. The van der Waals surface area contributed by atoms with Gasteiger partial charge in [-0.1, -0.05) is 6.07 Å². The van der Waals surface area contributed by atoms with Crippen LogP contribution in [0.5, 0.6) is 0 Å². The SMILES string of the molecule is O=C1NC(c2cccnc2)CO1. The van der Waals surface area contributed by atoms with Crippen molar-refractivity contribution in [3.63, 3.8) is 0 Å². The van der Waals surface area contributed by atoms with E-state index in [2.05, 4.69) is 10.3 Å². The molecule has 1 atom stereocenters. The first-order valence-corrected chi connectivity index (χ1v) is 3.69. The zero-order chi connectivity index (χ0) is 8.39. The summed E-state index contributed by atoms with van der Waals surface area (Å²) in [5.41, 5.74) is 0.975. The molecule has 0 aromatic carbocycles. The van der Waals surface area contributed by atoms with E-state index < -0.39 is 0 Å². The Hall–Kier alpha value is -1.58. The number of nitrogens with one attached hydrogen (secondary N) is 1. The minimum Gasteiger partial charge on any atom is -0.447 e. The van der Waals surface area contributed by atoms with Crippen molar-refractivity contribution in [1.29, 1.82) is 0 Å². The van der Waals surface area contributed by atoms with Gasteiger partial charge in [-0.25, -0.2) is 4.79 Å². The van der Waals surface area contributed by atoms with Gasteiger partial charge in [0.05, 0.1) is 6.04 Å². The number of rotatable bonds is 1. The van der Waals surface area contributed by atoms with Crippen molar-refractivity contribution in [2.24, 2.45) is 0 Å². The Kier molecular flexibility index (Phi) is 1.66. The van der Waals surface area contributed by atoms with Crippen LogP contribution in [0, 0.1) is 0 Å². The average Bonchev–Trinajstić information content (AvgIpc) is 2.54. The smallest absolute Gasteiger partial charge is 0.407 e. The Labute approximate surface area is 69.6 Å². The summed E-state index contributed by atoms with van der Waals surface area (Å²) < 4.78 is 4.74. The lowest BCUT2D eigenvalue weighted by Crippen LogP contribution is -2.18. The fourth-order valence-corrected chi connectivity index (χ4v) is 1.15. The molecule has 4 nitrogen and oxygen atoms in total. The monoisotopic (exact) mass is 164 g/mol. The molecule has 1 unspecified atom stereocenters. The maximum Gasteiger partial charge on any atom is 0.407 e. The number of nitrogens with zero attached hydrogens (tertiary/aromatic N) is 1. The summed E-state index contributed by atoms with van der Waals surface area (Å²) in [6, 6.07) is 3.71. The van der Waals surface area contributed by atoms with Crippen molar-refractivity contribution >= 4 is 6.09 Å². The lowest BCUT2D eigenvalue weighted by molar-refractivity contribution is 0.177. The minimum absolute atomic E-state index is 0.0359. The van der Waals surface area contributed by atoms with Crippen molar-refractivity contribution in [3.05, 3.63) is 30.1 Å². The quantitative estimate of drug-likeness (QED) is 0.669. The second kappa shape index (κ2) is 2.81. The van der Waals surface area contributed by atoms with Crippen LogP contribution in [0.3, 0.4) is 0 Å². The minimum atomic E-state index is -0.358. The molecule has 4 heteroatoms. The molecule has 2 heterocycles. The molecule has 1 saturated heterocycles. The highest BCUT2D eigenvalue weighted by molar-refractivity contribution is 5.69. The van der Waals surface area contributed by atoms with Crippen molar-refractivity contribution in [2.45, 2.75) is 6.04 Å². The Bertz CT molecular complexity index is 286. The lowest BCUT2D eigenvalue weighted by Gasteiger charge is -2.04. The van der Waals surface area contributed by atoms with Gasteiger partial charge in [0, 0.05) is 12.4 Å². The maximum atomic E-state index is 10.7. The molecule has 0 spiro atoms. The van der Waals surface area contributed by atoms with E-state index in [4.69, 9.17) is 4.74 Å². The fraction of sp³-hybridized carbons (Fsp3) is 0.250. The highest BCUT2D eigenvalue weighted by Gasteiger charge is 2.23. The summed E-state index contributed by atoms with van der Waals surface area (Å²) >= 11 is 0. The van der Waals surface area contributed by atoms with E-state index in [1.54, 1.807) is 12.4 Å². The van der Waals surface area contributed by atoms with Gasteiger partial charge < -0.3 is 10.1 Å². The van der Waals surface area contributed by atoms with Crippen LogP contribution in [0.4, 0.5) is 4.79 Å². The third kappa shape index (κ3) is 1.23. The number of alkyl carbamates (subject to hydrolysis) is 1. The topological polar surface area (TPSA) is 51.2 Å². The van der Waals surface area contributed by atoms with E-state index >= 15 is 0 Å². The van der Waals surface area contributed by atoms with Crippen molar-refractivity contribution in [3.8, 4) is 0 Å². The molecule has 1 aliphatic heterocycles. The number of pyridine rings is 1. The molecule has 1 aromatic rings. The average molecular weight is 164 g/mol.